The lowest BCUT2D eigenvalue weighted by Gasteiger charge is -2.15. The molecule has 1 aromatic carbocycles. The number of carbonyl (C=O) groups is 1. The molecule has 2 heterocycles. The Bertz CT molecular complexity index is 760. The summed E-state index contributed by atoms with van der Waals surface area (Å²) in [5, 5.41) is 16.9. The van der Waals surface area contributed by atoms with Crippen LogP contribution in [0.2, 0.25) is 0 Å². The molecule has 7 nitrogen and oxygen atoms in total. The summed E-state index contributed by atoms with van der Waals surface area (Å²) in [5.41, 5.74) is 2.18. The number of fused-ring (bicyclic) bond motifs is 1. The van der Waals surface area contributed by atoms with Gasteiger partial charge in [0.2, 0.25) is 0 Å². The van der Waals surface area contributed by atoms with E-state index in [9.17, 15) is 4.79 Å². The van der Waals surface area contributed by atoms with Gasteiger partial charge in [-0.25, -0.2) is 14.8 Å². The van der Waals surface area contributed by atoms with Gasteiger partial charge in [0.15, 0.2) is 11.7 Å². The molecule has 3 rings (SSSR count). The standard InChI is InChI=1S/C15H13N5O2/c1-8-9(2)19-12-11(18-8)13(16)20(14(12)17)22-15(21)10-6-4-3-5-7-10/h3-7,16-17H,1-2H3. The van der Waals surface area contributed by atoms with Gasteiger partial charge in [0.05, 0.1) is 17.0 Å². The first-order chi connectivity index (χ1) is 10.5. The van der Waals surface area contributed by atoms with Gasteiger partial charge in [-0.15, -0.1) is 5.06 Å². The average molecular weight is 295 g/mol. The molecular weight excluding hydrogens is 282 g/mol. The highest BCUT2D eigenvalue weighted by Gasteiger charge is 2.36. The molecule has 7 heteroatoms. The van der Waals surface area contributed by atoms with Crippen LogP contribution in [0.25, 0.3) is 0 Å². The van der Waals surface area contributed by atoms with E-state index in [0.29, 0.717) is 17.0 Å². The van der Waals surface area contributed by atoms with Crippen LogP contribution < -0.4 is 0 Å². The van der Waals surface area contributed by atoms with Crippen molar-refractivity contribution in [1.82, 2.24) is 15.0 Å². The minimum absolute atomic E-state index is 0.167. The third-order valence-electron chi connectivity index (χ3n) is 3.35. The fourth-order valence-corrected chi connectivity index (χ4v) is 2.04. The van der Waals surface area contributed by atoms with Crippen LogP contribution in [0.1, 0.15) is 33.1 Å². The monoisotopic (exact) mass is 295 g/mol. The van der Waals surface area contributed by atoms with E-state index in [4.69, 9.17) is 15.7 Å². The van der Waals surface area contributed by atoms with Gasteiger partial charge in [0, 0.05) is 0 Å². The van der Waals surface area contributed by atoms with Crippen molar-refractivity contribution in [3.8, 4) is 0 Å². The smallest absolute Gasteiger partial charge is 0.327 e. The lowest BCUT2D eigenvalue weighted by atomic mass is 10.2. The fourth-order valence-electron chi connectivity index (χ4n) is 2.04. The van der Waals surface area contributed by atoms with E-state index in [0.717, 1.165) is 5.06 Å². The number of hydrogen-bond acceptors (Lipinski definition) is 6. The maximum atomic E-state index is 12.1. The van der Waals surface area contributed by atoms with Crippen LogP contribution in [0.4, 0.5) is 0 Å². The van der Waals surface area contributed by atoms with Crippen LogP contribution in [0.5, 0.6) is 0 Å². The second-order valence-electron chi connectivity index (χ2n) is 4.83. The molecule has 0 amide bonds. The van der Waals surface area contributed by atoms with Crippen LogP contribution in [0.15, 0.2) is 30.3 Å². The van der Waals surface area contributed by atoms with E-state index < -0.39 is 5.97 Å². The molecule has 1 aliphatic heterocycles. The number of aromatic nitrogens is 2. The Hall–Kier alpha value is -3.09. The van der Waals surface area contributed by atoms with Crippen LogP contribution in [0.3, 0.4) is 0 Å². The number of rotatable bonds is 2. The molecular formula is C15H13N5O2. The van der Waals surface area contributed by atoms with Gasteiger partial charge in [0.25, 0.3) is 0 Å². The number of hydroxylamine groups is 2. The van der Waals surface area contributed by atoms with E-state index in [2.05, 4.69) is 9.97 Å². The number of nitrogens with one attached hydrogen (secondary N) is 2. The van der Waals surface area contributed by atoms with Crippen molar-refractivity contribution < 1.29 is 9.63 Å². The minimum atomic E-state index is -0.642. The molecule has 22 heavy (non-hydrogen) atoms. The molecule has 1 aromatic heterocycles. The molecule has 0 fully saturated rings. The fraction of sp³-hybridized carbons (Fsp3) is 0.133. The zero-order valence-corrected chi connectivity index (χ0v) is 12.0. The van der Waals surface area contributed by atoms with Gasteiger partial charge >= 0.3 is 5.97 Å². The molecule has 0 saturated carbocycles. The first-order valence-corrected chi connectivity index (χ1v) is 6.59. The van der Waals surface area contributed by atoms with Crippen molar-refractivity contribution in [2.75, 3.05) is 0 Å². The van der Waals surface area contributed by atoms with E-state index in [1.54, 1.807) is 44.2 Å². The van der Waals surface area contributed by atoms with E-state index >= 15 is 0 Å². The molecule has 0 radical (unpaired) electrons. The Labute approximate surface area is 126 Å². The van der Waals surface area contributed by atoms with Crippen molar-refractivity contribution in [1.29, 1.82) is 10.8 Å². The summed E-state index contributed by atoms with van der Waals surface area (Å²) in [6.07, 6.45) is 0. The van der Waals surface area contributed by atoms with Crippen LogP contribution in [-0.4, -0.2) is 32.7 Å². The Morgan fingerprint density at radius 2 is 1.50 bits per heavy atom. The molecule has 0 saturated heterocycles. The second-order valence-corrected chi connectivity index (χ2v) is 4.83. The van der Waals surface area contributed by atoms with Gasteiger partial charge < -0.3 is 4.84 Å². The third-order valence-corrected chi connectivity index (χ3v) is 3.35. The van der Waals surface area contributed by atoms with Crippen molar-refractivity contribution in [2.24, 2.45) is 0 Å². The highest BCUT2D eigenvalue weighted by Crippen LogP contribution is 2.21. The number of aryl methyl sites for hydroxylation is 2. The molecule has 2 aromatic rings. The second kappa shape index (κ2) is 5.03. The first kappa shape index (κ1) is 13.9. The quantitative estimate of drug-likeness (QED) is 0.879. The highest BCUT2D eigenvalue weighted by molar-refractivity contribution is 6.21. The van der Waals surface area contributed by atoms with Gasteiger partial charge in [0.1, 0.15) is 11.4 Å². The molecule has 1 aliphatic rings. The maximum absolute atomic E-state index is 12.1. The topological polar surface area (TPSA) is 103 Å². The van der Waals surface area contributed by atoms with Crippen molar-refractivity contribution in [3.63, 3.8) is 0 Å². The zero-order chi connectivity index (χ0) is 15.9. The van der Waals surface area contributed by atoms with Crippen molar-refractivity contribution >= 4 is 17.6 Å². The van der Waals surface area contributed by atoms with Gasteiger partial charge in [-0.1, -0.05) is 18.2 Å². The predicted octanol–water partition coefficient (Wildman–Crippen LogP) is 1.83. The maximum Gasteiger partial charge on any atom is 0.363 e. The largest absolute Gasteiger partial charge is 0.363 e. The number of carbonyl (C=O) groups excluding carboxylic acids is 1. The number of benzene rings is 1. The summed E-state index contributed by atoms with van der Waals surface area (Å²) in [7, 11) is 0. The first-order valence-electron chi connectivity index (χ1n) is 6.59. The zero-order valence-electron chi connectivity index (χ0n) is 12.0. The lowest BCUT2D eigenvalue weighted by molar-refractivity contribution is -0.0132. The highest BCUT2D eigenvalue weighted by atomic mass is 16.7. The van der Waals surface area contributed by atoms with Crippen LogP contribution >= 0.6 is 0 Å². The molecule has 0 unspecified atom stereocenters. The SMILES string of the molecule is Cc1nc2c(nc1C)C(=N)N(OC(=O)c1ccccc1)C2=N. The number of hydrogen-bond donors (Lipinski definition) is 2. The summed E-state index contributed by atoms with van der Waals surface area (Å²) in [6, 6.07) is 8.41. The molecule has 0 aliphatic carbocycles. The number of nitrogens with zero attached hydrogens (tertiary/aromatic N) is 3. The van der Waals surface area contributed by atoms with Crippen LogP contribution in [0, 0.1) is 24.7 Å². The van der Waals surface area contributed by atoms with Gasteiger partial charge in [-0.3, -0.25) is 10.8 Å². The lowest BCUT2D eigenvalue weighted by Crippen LogP contribution is -2.33. The Morgan fingerprint density at radius 3 is 2.00 bits per heavy atom. The van der Waals surface area contributed by atoms with Crippen molar-refractivity contribution in [3.05, 3.63) is 58.7 Å². The van der Waals surface area contributed by atoms with E-state index in [-0.39, 0.29) is 23.1 Å². The molecule has 110 valence electrons. The minimum Gasteiger partial charge on any atom is -0.327 e. The van der Waals surface area contributed by atoms with Crippen LogP contribution in [-0.2, 0) is 4.84 Å². The Morgan fingerprint density at radius 1 is 1.00 bits per heavy atom. The van der Waals surface area contributed by atoms with Crippen molar-refractivity contribution in [2.45, 2.75) is 13.8 Å². The summed E-state index contributed by atoms with van der Waals surface area (Å²) < 4.78 is 0. The Balaban J connectivity index is 1.90. The summed E-state index contributed by atoms with van der Waals surface area (Å²) in [5.74, 6) is -0.976. The van der Waals surface area contributed by atoms with Gasteiger partial charge in [-0.2, -0.15) is 0 Å². The van der Waals surface area contributed by atoms with Gasteiger partial charge in [-0.05, 0) is 26.0 Å². The molecule has 2 N–H and O–H groups in total. The summed E-state index contributed by atoms with van der Waals surface area (Å²) in [6.45, 7) is 3.55. The predicted molar refractivity (Wildman–Crippen MR) is 78.9 cm³/mol. The van der Waals surface area contributed by atoms with E-state index in [1.807, 2.05) is 0 Å². The Kier molecular flexibility index (Phi) is 3.17. The summed E-state index contributed by atoms with van der Waals surface area (Å²) in [4.78, 5) is 25.7. The van der Waals surface area contributed by atoms with E-state index in [1.165, 1.54) is 0 Å². The molecule has 0 atom stereocenters. The summed E-state index contributed by atoms with van der Waals surface area (Å²) >= 11 is 0. The molecule has 0 spiro atoms. The third kappa shape index (κ3) is 2.12. The molecule has 0 bridgehead atoms. The average Bonchev–Trinajstić information content (AvgIpc) is 2.74. The normalized spacial score (nSPS) is 13.3. The number of amidine groups is 2.